The van der Waals surface area contributed by atoms with Crippen LogP contribution in [0.3, 0.4) is 0 Å². The van der Waals surface area contributed by atoms with E-state index in [2.05, 4.69) is 20.9 Å². The lowest BCUT2D eigenvalue weighted by Crippen LogP contribution is -1.97. The van der Waals surface area contributed by atoms with Crippen LogP contribution in [-0.4, -0.2) is 9.91 Å². The van der Waals surface area contributed by atoms with Gasteiger partial charge in [0.15, 0.2) is 0 Å². The number of nitrogens with zero attached hydrogens (tertiary/aromatic N) is 2. The predicted octanol–water partition coefficient (Wildman–Crippen LogP) is 3.99. The second kappa shape index (κ2) is 5.31. The Morgan fingerprint density at radius 3 is 2.74 bits per heavy atom. The van der Waals surface area contributed by atoms with Gasteiger partial charge >= 0.3 is 5.69 Å². The fourth-order valence-corrected chi connectivity index (χ4v) is 1.64. The van der Waals surface area contributed by atoms with Crippen molar-refractivity contribution in [3.63, 3.8) is 0 Å². The molecule has 19 heavy (non-hydrogen) atoms. The molecule has 1 heterocycles. The molecule has 2 rings (SSSR count). The maximum atomic E-state index is 13.3. The molecule has 1 aromatic heterocycles. The summed E-state index contributed by atoms with van der Waals surface area (Å²) in [6.07, 6.45) is 0. The van der Waals surface area contributed by atoms with E-state index in [-0.39, 0.29) is 21.8 Å². The Labute approximate surface area is 116 Å². The Morgan fingerprint density at radius 2 is 2.11 bits per heavy atom. The van der Waals surface area contributed by atoms with Crippen LogP contribution in [0, 0.1) is 22.9 Å². The van der Waals surface area contributed by atoms with Crippen molar-refractivity contribution in [1.29, 1.82) is 0 Å². The quantitative estimate of drug-likeness (QED) is 0.631. The Hall–Kier alpha value is -2.02. The van der Waals surface area contributed by atoms with Gasteiger partial charge in [-0.15, -0.1) is 0 Å². The van der Waals surface area contributed by atoms with E-state index in [0.29, 0.717) is 5.69 Å². The van der Waals surface area contributed by atoms with E-state index in [1.54, 1.807) is 6.92 Å². The van der Waals surface area contributed by atoms with E-state index >= 15 is 0 Å². The zero-order valence-electron chi connectivity index (χ0n) is 9.76. The number of pyridine rings is 1. The minimum absolute atomic E-state index is 0.141. The van der Waals surface area contributed by atoms with Crippen molar-refractivity contribution in [3.8, 4) is 11.6 Å². The number of rotatable bonds is 3. The van der Waals surface area contributed by atoms with Crippen LogP contribution in [0.25, 0.3) is 0 Å². The Bertz CT molecular complexity index is 649. The van der Waals surface area contributed by atoms with E-state index in [0.717, 1.165) is 6.07 Å². The van der Waals surface area contributed by atoms with Crippen molar-refractivity contribution in [1.82, 2.24) is 4.98 Å². The molecule has 0 saturated heterocycles. The maximum absolute atomic E-state index is 13.3. The van der Waals surface area contributed by atoms with Crippen molar-refractivity contribution in [2.45, 2.75) is 6.92 Å². The number of hydrogen-bond acceptors (Lipinski definition) is 4. The highest BCUT2D eigenvalue weighted by atomic mass is 79.9. The summed E-state index contributed by atoms with van der Waals surface area (Å²) < 4.78 is 18.9. The van der Waals surface area contributed by atoms with Crippen molar-refractivity contribution in [2.24, 2.45) is 0 Å². The molecule has 1 aromatic carbocycles. The van der Waals surface area contributed by atoms with Crippen molar-refractivity contribution >= 4 is 21.6 Å². The number of halogens is 2. The van der Waals surface area contributed by atoms with E-state index in [1.165, 1.54) is 24.3 Å². The molecule has 0 aliphatic heterocycles. The summed E-state index contributed by atoms with van der Waals surface area (Å²) in [7, 11) is 0. The molecule has 0 fully saturated rings. The average Bonchev–Trinajstić information content (AvgIpc) is 2.33. The van der Waals surface area contributed by atoms with Gasteiger partial charge in [-0.3, -0.25) is 10.1 Å². The van der Waals surface area contributed by atoms with Crippen LogP contribution in [0.1, 0.15) is 5.69 Å². The summed E-state index contributed by atoms with van der Waals surface area (Å²) in [4.78, 5) is 14.2. The predicted molar refractivity (Wildman–Crippen MR) is 69.8 cm³/mol. The molecule has 0 atom stereocenters. The van der Waals surface area contributed by atoms with E-state index in [4.69, 9.17) is 4.74 Å². The minimum atomic E-state index is -0.600. The first-order chi connectivity index (χ1) is 8.97. The SMILES string of the molecule is Cc1ccc([N+](=O)[O-])c(Oc2ccc(Br)c(F)c2)n1. The molecular formula is C12H8BrFN2O3. The number of aromatic nitrogens is 1. The molecule has 0 N–H and O–H groups in total. The van der Waals surface area contributed by atoms with Gasteiger partial charge in [-0.25, -0.2) is 9.37 Å². The topological polar surface area (TPSA) is 65.3 Å². The van der Waals surface area contributed by atoms with E-state index < -0.39 is 10.7 Å². The van der Waals surface area contributed by atoms with Gasteiger partial charge in [0.1, 0.15) is 11.6 Å². The van der Waals surface area contributed by atoms with Crippen LogP contribution < -0.4 is 4.74 Å². The van der Waals surface area contributed by atoms with Gasteiger partial charge in [0, 0.05) is 17.8 Å². The zero-order valence-corrected chi connectivity index (χ0v) is 11.3. The molecule has 0 aliphatic rings. The number of hydrogen-bond donors (Lipinski definition) is 0. The van der Waals surface area contributed by atoms with Crippen LogP contribution in [0.5, 0.6) is 11.6 Å². The number of ether oxygens (including phenoxy) is 1. The molecule has 0 amide bonds. The molecule has 7 heteroatoms. The first kappa shape index (κ1) is 13.4. The standard InChI is InChI=1S/C12H8BrFN2O3/c1-7-2-5-11(16(17)18)12(15-7)19-8-3-4-9(13)10(14)6-8/h2-6H,1H3. The van der Waals surface area contributed by atoms with E-state index in [1.807, 2.05) is 0 Å². The lowest BCUT2D eigenvalue weighted by molar-refractivity contribution is -0.386. The summed E-state index contributed by atoms with van der Waals surface area (Å²) in [5.41, 5.74) is 0.298. The second-order valence-electron chi connectivity index (χ2n) is 3.71. The largest absolute Gasteiger partial charge is 0.434 e. The molecule has 0 bridgehead atoms. The molecule has 0 radical (unpaired) electrons. The molecular weight excluding hydrogens is 319 g/mol. The normalized spacial score (nSPS) is 10.3. The zero-order chi connectivity index (χ0) is 14.0. The molecule has 98 valence electrons. The monoisotopic (exact) mass is 326 g/mol. The molecule has 0 spiro atoms. The lowest BCUT2D eigenvalue weighted by Gasteiger charge is -2.06. The number of benzene rings is 1. The fraction of sp³-hybridized carbons (Fsp3) is 0.0833. The summed E-state index contributed by atoms with van der Waals surface area (Å²) in [5.74, 6) is -0.540. The minimum Gasteiger partial charge on any atom is -0.434 e. The average molecular weight is 327 g/mol. The Morgan fingerprint density at radius 1 is 1.37 bits per heavy atom. The molecule has 0 unspecified atom stereocenters. The molecule has 5 nitrogen and oxygen atoms in total. The lowest BCUT2D eigenvalue weighted by atomic mass is 10.3. The first-order valence-corrected chi connectivity index (χ1v) is 6.01. The van der Waals surface area contributed by atoms with Crippen molar-refractivity contribution < 1.29 is 14.1 Å². The van der Waals surface area contributed by atoms with Gasteiger partial charge in [-0.05, 0) is 41.1 Å². The number of aryl methyl sites for hydroxylation is 1. The van der Waals surface area contributed by atoms with E-state index in [9.17, 15) is 14.5 Å². The number of nitro groups is 1. The van der Waals surface area contributed by atoms with Crippen molar-refractivity contribution in [3.05, 3.63) is 56.4 Å². The molecule has 2 aromatic rings. The van der Waals surface area contributed by atoms with Gasteiger partial charge in [-0.1, -0.05) is 0 Å². The third-order valence-electron chi connectivity index (χ3n) is 2.28. The van der Waals surface area contributed by atoms with Crippen LogP contribution in [0.2, 0.25) is 0 Å². The van der Waals surface area contributed by atoms with Gasteiger partial charge in [0.25, 0.3) is 5.88 Å². The highest BCUT2D eigenvalue weighted by Gasteiger charge is 2.18. The first-order valence-electron chi connectivity index (χ1n) is 5.22. The fourth-order valence-electron chi connectivity index (χ4n) is 1.39. The summed E-state index contributed by atoms with van der Waals surface area (Å²) >= 11 is 3.01. The van der Waals surface area contributed by atoms with Gasteiger partial charge in [0.05, 0.1) is 9.40 Å². The summed E-state index contributed by atoms with van der Waals surface area (Å²) in [6, 6.07) is 6.87. The van der Waals surface area contributed by atoms with Gasteiger partial charge in [-0.2, -0.15) is 0 Å². The smallest absolute Gasteiger partial charge is 0.331 e. The van der Waals surface area contributed by atoms with Crippen LogP contribution in [-0.2, 0) is 0 Å². The summed E-state index contributed by atoms with van der Waals surface area (Å²) in [5, 5.41) is 10.8. The molecule has 0 aliphatic carbocycles. The van der Waals surface area contributed by atoms with Gasteiger partial charge < -0.3 is 4.74 Å². The highest BCUT2D eigenvalue weighted by Crippen LogP contribution is 2.30. The Kier molecular flexibility index (Phi) is 3.75. The van der Waals surface area contributed by atoms with Crippen LogP contribution in [0.4, 0.5) is 10.1 Å². The maximum Gasteiger partial charge on any atom is 0.331 e. The van der Waals surface area contributed by atoms with Crippen LogP contribution >= 0.6 is 15.9 Å². The highest BCUT2D eigenvalue weighted by molar-refractivity contribution is 9.10. The Balaban J connectivity index is 2.39. The molecule has 0 saturated carbocycles. The van der Waals surface area contributed by atoms with Crippen molar-refractivity contribution in [2.75, 3.05) is 0 Å². The summed E-state index contributed by atoms with van der Waals surface area (Å²) in [6.45, 7) is 1.68. The van der Waals surface area contributed by atoms with Gasteiger partial charge in [0.2, 0.25) is 0 Å². The second-order valence-corrected chi connectivity index (χ2v) is 4.57. The third kappa shape index (κ3) is 3.05. The third-order valence-corrected chi connectivity index (χ3v) is 2.92. The van der Waals surface area contributed by atoms with Crippen LogP contribution in [0.15, 0.2) is 34.8 Å².